The largest absolute Gasteiger partial charge is 0.342 e. The predicted molar refractivity (Wildman–Crippen MR) is 120 cm³/mol. The van der Waals surface area contributed by atoms with Crippen molar-refractivity contribution in [3.8, 4) is 11.5 Å². The maximum Gasteiger partial charge on any atom is 0.259 e. The van der Waals surface area contributed by atoms with Crippen molar-refractivity contribution in [1.29, 1.82) is 0 Å². The van der Waals surface area contributed by atoms with Crippen LogP contribution in [0.4, 0.5) is 0 Å². The standard InChI is InChI=1S/C24H25N7O2/c32-21-7-6-18(15-30(21)13-16-3-1-4-16)22-28-24(33-29-22)20-9-19-12-27-31(23(19)26-11-20)14-17-5-2-8-25-10-17/h2,5,8-12,16,18H,1,3-4,6-7,13-15H2. The third kappa shape index (κ3) is 3.99. The van der Waals surface area contributed by atoms with Crippen molar-refractivity contribution in [3.63, 3.8) is 0 Å². The molecule has 2 aliphatic rings. The van der Waals surface area contributed by atoms with Crippen LogP contribution in [0.3, 0.4) is 0 Å². The SMILES string of the molecule is O=C1CCC(c2noc(-c3cnc4c(cnn4Cc4cccnc4)c3)n2)CN1CC1CCC1. The topological polar surface area (TPSA) is 103 Å². The van der Waals surface area contributed by atoms with Gasteiger partial charge in [-0.2, -0.15) is 10.1 Å². The van der Waals surface area contributed by atoms with E-state index in [2.05, 4.69) is 25.2 Å². The van der Waals surface area contributed by atoms with Crippen LogP contribution < -0.4 is 0 Å². The van der Waals surface area contributed by atoms with Crippen molar-refractivity contribution in [1.82, 2.24) is 34.8 Å². The summed E-state index contributed by atoms with van der Waals surface area (Å²) in [5.41, 5.74) is 2.62. The summed E-state index contributed by atoms with van der Waals surface area (Å²) in [7, 11) is 0. The number of rotatable bonds is 6. The number of carbonyl (C=O) groups excluding carboxylic acids is 1. The summed E-state index contributed by atoms with van der Waals surface area (Å²) < 4.78 is 7.44. The van der Waals surface area contributed by atoms with Gasteiger partial charge in [0.15, 0.2) is 11.5 Å². The van der Waals surface area contributed by atoms with Gasteiger partial charge in [0.25, 0.3) is 5.89 Å². The first kappa shape index (κ1) is 20.0. The number of fused-ring (bicyclic) bond motifs is 1. The van der Waals surface area contributed by atoms with Gasteiger partial charge in [-0.25, -0.2) is 9.67 Å². The number of aromatic nitrogens is 6. The highest BCUT2D eigenvalue weighted by atomic mass is 16.5. The van der Waals surface area contributed by atoms with Crippen molar-refractivity contribution >= 4 is 16.9 Å². The molecule has 1 aliphatic carbocycles. The molecular weight excluding hydrogens is 418 g/mol. The average Bonchev–Trinajstić information content (AvgIpc) is 3.45. The molecule has 33 heavy (non-hydrogen) atoms. The molecule has 0 spiro atoms. The Kier molecular flexibility index (Phi) is 5.09. The van der Waals surface area contributed by atoms with Crippen molar-refractivity contribution < 1.29 is 9.32 Å². The summed E-state index contributed by atoms with van der Waals surface area (Å²) in [5.74, 6) is 2.13. The monoisotopic (exact) mass is 443 g/mol. The molecule has 4 aromatic rings. The molecule has 168 valence electrons. The maximum atomic E-state index is 12.4. The number of carbonyl (C=O) groups is 1. The Morgan fingerprint density at radius 1 is 1.15 bits per heavy atom. The van der Waals surface area contributed by atoms with Gasteiger partial charge >= 0.3 is 0 Å². The first-order valence-electron chi connectivity index (χ1n) is 11.5. The molecule has 1 unspecified atom stereocenters. The summed E-state index contributed by atoms with van der Waals surface area (Å²) in [4.78, 5) is 27.8. The third-order valence-corrected chi connectivity index (χ3v) is 6.79. The van der Waals surface area contributed by atoms with Crippen molar-refractivity contribution in [2.45, 2.75) is 44.6 Å². The number of hydrogen-bond donors (Lipinski definition) is 0. The lowest BCUT2D eigenvalue weighted by molar-refractivity contribution is -0.135. The molecule has 5 heterocycles. The highest BCUT2D eigenvalue weighted by Gasteiger charge is 2.32. The van der Waals surface area contributed by atoms with E-state index < -0.39 is 0 Å². The van der Waals surface area contributed by atoms with E-state index in [-0.39, 0.29) is 11.8 Å². The van der Waals surface area contributed by atoms with E-state index in [9.17, 15) is 4.79 Å². The second kappa shape index (κ2) is 8.38. The highest BCUT2D eigenvalue weighted by Crippen LogP contribution is 2.32. The van der Waals surface area contributed by atoms with Crippen LogP contribution in [0.5, 0.6) is 0 Å². The Morgan fingerprint density at radius 2 is 2.09 bits per heavy atom. The quantitative estimate of drug-likeness (QED) is 0.450. The van der Waals surface area contributed by atoms with Gasteiger partial charge in [-0.15, -0.1) is 0 Å². The van der Waals surface area contributed by atoms with Gasteiger partial charge in [-0.05, 0) is 42.9 Å². The van der Waals surface area contributed by atoms with E-state index in [1.54, 1.807) is 18.6 Å². The molecule has 4 aromatic heterocycles. The van der Waals surface area contributed by atoms with Gasteiger partial charge in [0.05, 0.1) is 18.3 Å². The fraction of sp³-hybridized carbons (Fsp3) is 0.417. The molecule has 0 bridgehead atoms. The first-order valence-corrected chi connectivity index (χ1v) is 11.5. The molecule has 0 aromatic carbocycles. The third-order valence-electron chi connectivity index (χ3n) is 6.79. The molecule has 9 heteroatoms. The average molecular weight is 444 g/mol. The van der Waals surface area contributed by atoms with Crippen molar-refractivity contribution in [2.24, 2.45) is 5.92 Å². The van der Waals surface area contributed by atoms with Crippen LogP contribution in [0.15, 0.2) is 47.5 Å². The fourth-order valence-electron chi connectivity index (χ4n) is 4.68. The smallest absolute Gasteiger partial charge is 0.259 e. The zero-order valence-corrected chi connectivity index (χ0v) is 18.3. The minimum Gasteiger partial charge on any atom is -0.342 e. The second-order valence-corrected chi connectivity index (χ2v) is 9.09. The van der Waals surface area contributed by atoms with Gasteiger partial charge in [0, 0.05) is 49.4 Å². The Balaban J connectivity index is 1.19. The number of pyridine rings is 2. The minimum atomic E-state index is 0.110. The summed E-state index contributed by atoms with van der Waals surface area (Å²) >= 11 is 0. The Hall–Kier alpha value is -3.62. The lowest BCUT2D eigenvalue weighted by atomic mass is 9.84. The summed E-state index contributed by atoms with van der Waals surface area (Å²) in [6.45, 7) is 2.14. The number of hydrogen-bond acceptors (Lipinski definition) is 7. The van der Waals surface area contributed by atoms with E-state index in [0.29, 0.717) is 37.1 Å². The van der Waals surface area contributed by atoms with Gasteiger partial charge in [-0.3, -0.25) is 9.78 Å². The normalized spacial score (nSPS) is 19.2. The zero-order chi connectivity index (χ0) is 22.2. The van der Waals surface area contributed by atoms with Gasteiger partial charge in [-0.1, -0.05) is 17.6 Å². The Labute approximate surface area is 190 Å². The minimum absolute atomic E-state index is 0.110. The van der Waals surface area contributed by atoms with Crippen LogP contribution in [-0.2, 0) is 11.3 Å². The maximum absolute atomic E-state index is 12.4. The van der Waals surface area contributed by atoms with Crippen LogP contribution in [0.1, 0.15) is 49.4 Å². The number of piperidine rings is 1. The van der Waals surface area contributed by atoms with Crippen LogP contribution >= 0.6 is 0 Å². The number of nitrogens with zero attached hydrogens (tertiary/aromatic N) is 7. The summed E-state index contributed by atoms with van der Waals surface area (Å²) in [5, 5.41) is 9.64. The molecule has 1 saturated carbocycles. The molecule has 1 amide bonds. The van der Waals surface area contributed by atoms with E-state index in [1.165, 1.54) is 19.3 Å². The Bertz CT molecular complexity index is 1280. The molecule has 1 aliphatic heterocycles. The second-order valence-electron chi connectivity index (χ2n) is 9.09. The van der Waals surface area contributed by atoms with E-state index >= 15 is 0 Å². The van der Waals surface area contributed by atoms with E-state index in [1.807, 2.05) is 34.0 Å². The van der Waals surface area contributed by atoms with Crippen molar-refractivity contribution in [2.75, 3.05) is 13.1 Å². The Morgan fingerprint density at radius 3 is 2.91 bits per heavy atom. The van der Waals surface area contributed by atoms with Crippen LogP contribution in [-0.4, -0.2) is 53.8 Å². The number of likely N-dealkylation sites (tertiary alicyclic amines) is 1. The predicted octanol–water partition coefficient (Wildman–Crippen LogP) is 3.43. The van der Waals surface area contributed by atoms with Crippen LogP contribution in [0.2, 0.25) is 0 Å². The van der Waals surface area contributed by atoms with Gasteiger partial charge in [0.1, 0.15) is 0 Å². The first-order chi connectivity index (χ1) is 16.2. The van der Waals surface area contributed by atoms with Crippen LogP contribution in [0, 0.1) is 5.92 Å². The molecule has 0 N–H and O–H groups in total. The molecular formula is C24H25N7O2. The molecule has 0 radical (unpaired) electrons. The lowest BCUT2D eigenvalue weighted by Crippen LogP contribution is -2.43. The molecule has 6 rings (SSSR count). The fourth-order valence-corrected chi connectivity index (χ4v) is 4.68. The summed E-state index contributed by atoms with van der Waals surface area (Å²) in [6.07, 6.45) is 12.2. The lowest BCUT2D eigenvalue weighted by Gasteiger charge is -2.36. The molecule has 1 atom stereocenters. The molecule has 9 nitrogen and oxygen atoms in total. The summed E-state index contributed by atoms with van der Waals surface area (Å²) in [6, 6.07) is 5.90. The molecule has 2 fully saturated rings. The number of amides is 1. The van der Waals surface area contributed by atoms with Gasteiger partial charge in [0.2, 0.25) is 5.91 Å². The highest BCUT2D eigenvalue weighted by molar-refractivity contribution is 5.79. The van der Waals surface area contributed by atoms with Gasteiger partial charge < -0.3 is 9.42 Å². The van der Waals surface area contributed by atoms with E-state index in [0.717, 1.165) is 35.1 Å². The van der Waals surface area contributed by atoms with E-state index in [4.69, 9.17) is 4.52 Å². The zero-order valence-electron chi connectivity index (χ0n) is 18.3. The van der Waals surface area contributed by atoms with Crippen molar-refractivity contribution in [3.05, 3.63) is 54.4 Å². The molecule has 1 saturated heterocycles. The van der Waals surface area contributed by atoms with Crippen LogP contribution in [0.25, 0.3) is 22.5 Å².